The SMILES string of the molecule is O=C(NCCc1ccccc1)C1Cc2ccccc2CN1Cc1ccc(O)cc1. The molecule has 3 aromatic carbocycles. The number of phenols is 1. The van der Waals surface area contributed by atoms with Crippen LogP contribution in [0, 0.1) is 0 Å². The van der Waals surface area contributed by atoms with Crippen LogP contribution in [0.25, 0.3) is 0 Å². The van der Waals surface area contributed by atoms with E-state index >= 15 is 0 Å². The normalized spacial score (nSPS) is 16.2. The lowest BCUT2D eigenvalue weighted by molar-refractivity contribution is -0.127. The fourth-order valence-electron chi connectivity index (χ4n) is 3.93. The van der Waals surface area contributed by atoms with E-state index in [1.165, 1.54) is 16.7 Å². The van der Waals surface area contributed by atoms with Crippen molar-refractivity contribution in [3.63, 3.8) is 0 Å². The molecule has 4 rings (SSSR count). The summed E-state index contributed by atoms with van der Waals surface area (Å²) in [6, 6.07) is 25.6. The van der Waals surface area contributed by atoms with Crippen LogP contribution in [0.1, 0.15) is 22.3 Å². The van der Waals surface area contributed by atoms with E-state index < -0.39 is 0 Å². The third-order valence-corrected chi connectivity index (χ3v) is 5.53. The zero-order valence-corrected chi connectivity index (χ0v) is 16.4. The smallest absolute Gasteiger partial charge is 0.237 e. The second kappa shape index (κ2) is 8.93. The van der Waals surface area contributed by atoms with Gasteiger partial charge in [0.25, 0.3) is 0 Å². The van der Waals surface area contributed by atoms with Crippen LogP contribution < -0.4 is 5.32 Å². The molecule has 0 saturated carbocycles. The van der Waals surface area contributed by atoms with E-state index in [1.54, 1.807) is 12.1 Å². The van der Waals surface area contributed by atoms with Gasteiger partial charge in [-0.3, -0.25) is 9.69 Å². The largest absolute Gasteiger partial charge is 0.508 e. The molecule has 0 radical (unpaired) electrons. The molecule has 4 heteroatoms. The molecule has 2 N–H and O–H groups in total. The second-order valence-corrected chi connectivity index (χ2v) is 7.59. The predicted octanol–water partition coefficient (Wildman–Crippen LogP) is 3.68. The first-order valence-electron chi connectivity index (χ1n) is 10.1. The standard InChI is InChI=1S/C25H26N2O2/c28-23-12-10-20(11-13-23)17-27-18-22-9-5-4-8-21(22)16-24(27)25(29)26-15-14-19-6-2-1-3-7-19/h1-13,24,28H,14-18H2,(H,26,29). The van der Waals surface area contributed by atoms with E-state index in [4.69, 9.17) is 0 Å². The van der Waals surface area contributed by atoms with Crippen molar-refractivity contribution < 1.29 is 9.90 Å². The van der Waals surface area contributed by atoms with Gasteiger partial charge < -0.3 is 10.4 Å². The summed E-state index contributed by atoms with van der Waals surface area (Å²) in [5, 5.41) is 12.7. The van der Waals surface area contributed by atoms with E-state index in [9.17, 15) is 9.90 Å². The average molecular weight is 386 g/mol. The number of nitrogens with zero attached hydrogens (tertiary/aromatic N) is 1. The van der Waals surface area contributed by atoms with Gasteiger partial charge in [-0.25, -0.2) is 0 Å². The van der Waals surface area contributed by atoms with Crippen LogP contribution in [0.4, 0.5) is 0 Å². The fourth-order valence-corrected chi connectivity index (χ4v) is 3.93. The van der Waals surface area contributed by atoms with E-state index in [-0.39, 0.29) is 17.7 Å². The quantitative estimate of drug-likeness (QED) is 0.680. The Hall–Kier alpha value is -3.11. The Morgan fingerprint density at radius 1 is 0.897 bits per heavy atom. The maximum absolute atomic E-state index is 13.1. The Labute approximate surface area is 171 Å². The van der Waals surface area contributed by atoms with Crippen molar-refractivity contribution in [1.82, 2.24) is 10.2 Å². The third kappa shape index (κ3) is 4.84. The lowest BCUT2D eigenvalue weighted by Crippen LogP contribution is -2.50. The molecule has 0 fully saturated rings. The van der Waals surface area contributed by atoms with E-state index in [0.717, 1.165) is 18.5 Å². The number of carbonyl (C=O) groups is 1. The van der Waals surface area contributed by atoms with Crippen molar-refractivity contribution in [2.45, 2.75) is 32.0 Å². The van der Waals surface area contributed by atoms with Gasteiger partial charge in [-0.1, -0.05) is 66.7 Å². The van der Waals surface area contributed by atoms with Crippen molar-refractivity contribution in [2.75, 3.05) is 6.54 Å². The minimum absolute atomic E-state index is 0.0780. The summed E-state index contributed by atoms with van der Waals surface area (Å²) in [5.74, 6) is 0.335. The van der Waals surface area contributed by atoms with Crippen LogP contribution in [-0.4, -0.2) is 28.5 Å². The van der Waals surface area contributed by atoms with Crippen LogP contribution in [-0.2, 0) is 30.7 Å². The van der Waals surface area contributed by atoms with Crippen LogP contribution in [0.5, 0.6) is 5.75 Å². The van der Waals surface area contributed by atoms with Crippen molar-refractivity contribution in [3.05, 3.63) is 101 Å². The minimum Gasteiger partial charge on any atom is -0.508 e. The number of nitrogens with one attached hydrogen (secondary N) is 1. The molecular formula is C25H26N2O2. The van der Waals surface area contributed by atoms with Gasteiger partial charge in [0.15, 0.2) is 0 Å². The first-order valence-corrected chi connectivity index (χ1v) is 10.1. The monoisotopic (exact) mass is 386 g/mol. The van der Waals surface area contributed by atoms with Gasteiger partial charge >= 0.3 is 0 Å². The first kappa shape index (κ1) is 19.2. The molecule has 0 bridgehead atoms. The van der Waals surface area contributed by atoms with Crippen LogP contribution >= 0.6 is 0 Å². The third-order valence-electron chi connectivity index (χ3n) is 5.53. The number of aromatic hydroxyl groups is 1. The molecule has 1 aliphatic rings. The van der Waals surface area contributed by atoms with Crippen LogP contribution in [0.15, 0.2) is 78.9 Å². The van der Waals surface area contributed by atoms with Gasteiger partial charge in [0.2, 0.25) is 5.91 Å². The van der Waals surface area contributed by atoms with Gasteiger partial charge in [-0.05, 0) is 47.2 Å². The van der Waals surface area contributed by atoms with Gasteiger partial charge in [0, 0.05) is 19.6 Å². The zero-order valence-electron chi connectivity index (χ0n) is 16.4. The number of hydrogen-bond acceptors (Lipinski definition) is 3. The summed E-state index contributed by atoms with van der Waals surface area (Å²) in [6.07, 6.45) is 1.54. The molecule has 1 atom stereocenters. The molecule has 0 spiro atoms. The van der Waals surface area contributed by atoms with E-state index in [2.05, 4.69) is 40.5 Å². The Balaban J connectivity index is 1.46. The van der Waals surface area contributed by atoms with Crippen molar-refractivity contribution in [1.29, 1.82) is 0 Å². The minimum atomic E-state index is -0.200. The Morgan fingerprint density at radius 2 is 1.59 bits per heavy atom. The van der Waals surface area contributed by atoms with E-state index in [0.29, 0.717) is 19.5 Å². The van der Waals surface area contributed by atoms with Gasteiger partial charge in [0.05, 0.1) is 6.04 Å². The molecule has 148 valence electrons. The number of carbonyl (C=O) groups excluding carboxylic acids is 1. The maximum Gasteiger partial charge on any atom is 0.237 e. The molecular weight excluding hydrogens is 360 g/mol. The van der Waals surface area contributed by atoms with Gasteiger partial charge in [-0.15, -0.1) is 0 Å². The highest BCUT2D eigenvalue weighted by Crippen LogP contribution is 2.25. The Morgan fingerprint density at radius 3 is 2.34 bits per heavy atom. The fraction of sp³-hybridized carbons (Fsp3) is 0.240. The Kier molecular flexibility index (Phi) is 5.92. The number of phenolic OH excluding ortho intramolecular Hbond substituents is 1. The number of hydrogen-bond donors (Lipinski definition) is 2. The molecule has 3 aromatic rings. The van der Waals surface area contributed by atoms with Gasteiger partial charge in [0.1, 0.15) is 5.75 Å². The average Bonchev–Trinajstić information content (AvgIpc) is 2.75. The summed E-state index contributed by atoms with van der Waals surface area (Å²) in [6.45, 7) is 2.05. The number of benzene rings is 3. The van der Waals surface area contributed by atoms with E-state index in [1.807, 2.05) is 36.4 Å². The summed E-state index contributed by atoms with van der Waals surface area (Å²) in [4.78, 5) is 15.3. The number of rotatable bonds is 6. The molecule has 4 nitrogen and oxygen atoms in total. The summed E-state index contributed by atoms with van der Waals surface area (Å²) in [5.41, 5.74) is 4.84. The highest BCUT2D eigenvalue weighted by atomic mass is 16.3. The predicted molar refractivity (Wildman–Crippen MR) is 114 cm³/mol. The zero-order chi connectivity index (χ0) is 20.1. The van der Waals surface area contributed by atoms with Gasteiger partial charge in [-0.2, -0.15) is 0 Å². The molecule has 1 amide bonds. The molecule has 0 saturated heterocycles. The van der Waals surface area contributed by atoms with Crippen molar-refractivity contribution >= 4 is 5.91 Å². The number of amides is 1. The highest BCUT2D eigenvalue weighted by Gasteiger charge is 2.31. The van der Waals surface area contributed by atoms with Crippen molar-refractivity contribution in [2.24, 2.45) is 0 Å². The molecule has 29 heavy (non-hydrogen) atoms. The molecule has 1 unspecified atom stereocenters. The molecule has 1 aliphatic heterocycles. The lowest BCUT2D eigenvalue weighted by Gasteiger charge is -2.36. The Bertz CT molecular complexity index is 954. The maximum atomic E-state index is 13.1. The van der Waals surface area contributed by atoms with Crippen LogP contribution in [0.3, 0.4) is 0 Å². The number of fused-ring (bicyclic) bond motifs is 1. The topological polar surface area (TPSA) is 52.6 Å². The first-order chi connectivity index (χ1) is 14.2. The van der Waals surface area contributed by atoms with Crippen LogP contribution in [0.2, 0.25) is 0 Å². The summed E-state index contributed by atoms with van der Waals surface area (Å²) >= 11 is 0. The molecule has 0 aromatic heterocycles. The molecule has 1 heterocycles. The lowest BCUT2D eigenvalue weighted by atomic mass is 9.93. The highest BCUT2D eigenvalue weighted by molar-refractivity contribution is 5.82. The summed E-state index contributed by atoms with van der Waals surface area (Å²) in [7, 11) is 0. The second-order valence-electron chi connectivity index (χ2n) is 7.59. The van der Waals surface area contributed by atoms with Crippen molar-refractivity contribution in [3.8, 4) is 5.75 Å². The summed E-state index contributed by atoms with van der Waals surface area (Å²) < 4.78 is 0. The molecule has 0 aliphatic carbocycles.